The van der Waals surface area contributed by atoms with Crippen molar-refractivity contribution in [2.45, 2.75) is 6.92 Å². The molecule has 5 aromatic rings. The fourth-order valence-corrected chi connectivity index (χ4v) is 3.34. The van der Waals surface area contributed by atoms with E-state index in [1.165, 1.54) is 27.2 Å². The highest BCUT2D eigenvalue weighted by Gasteiger charge is 2.09. The number of benzene rings is 3. The Bertz CT molecular complexity index is 1180. The lowest BCUT2D eigenvalue weighted by Crippen LogP contribution is -1.90. The maximum absolute atomic E-state index is 5.96. The molecule has 0 spiro atoms. The van der Waals surface area contributed by atoms with Crippen molar-refractivity contribution < 1.29 is 4.42 Å². The quantitative estimate of drug-likeness (QED) is 0.329. The molecule has 0 amide bonds. The predicted molar refractivity (Wildman–Crippen MR) is 106 cm³/mol. The number of aryl methyl sites for hydroxylation is 1. The summed E-state index contributed by atoms with van der Waals surface area (Å²) in [5, 5.41) is 3.60. The molecule has 118 valence electrons. The summed E-state index contributed by atoms with van der Waals surface area (Å²) >= 11 is 0. The zero-order valence-electron chi connectivity index (χ0n) is 13.2. The molecule has 0 aliphatic heterocycles. The SMILES string of the molecule is Br.Cc1ccc2oc3ccc(-n4ccc5ccccc54)cc3c2c1. The number of para-hydroxylation sites is 1. The molecule has 3 heteroatoms. The fourth-order valence-electron chi connectivity index (χ4n) is 3.34. The molecule has 0 radical (unpaired) electrons. The van der Waals surface area contributed by atoms with Crippen LogP contribution in [0.1, 0.15) is 5.56 Å². The molecule has 0 unspecified atom stereocenters. The molecular weight excluding hydrogens is 362 g/mol. The van der Waals surface area contributed by atoms with Crippen molar-refractivity contribution in [1.29, 1.82) is 0 Å². The first kappa shape index (κ1) is 15.0. The van der Waals surface area contributed by atoms with Gasteiger partial charge in [-0.25, -0.2) is 0 Å². The summed E-state index contributed by atoms with van der Waals surface area (Å²) in [5.41, 5.74) is 5.50. The third-order valence-electron chi connectivity index (χ3n) is 4.49. The predicted octanol–water partition coefficient (Wildman–Crippen LogP) is 6.42. The van der Waals surface area contributed by atoms with Crippen LogP contribution in [0, 0.1) is 6.92 Å². The highest BCUT2D eigenvalue weighted by Crippen LogP contribution is 2.31. The highest BCUT2D eigenvalue weighted by molar-refractivity contribution is 8.93. The first-order valence-corrected chi connectivity index (χ1v) is 7.79. The van der Waals surface area contributed by atoms with Gasteiger partial charge < -0.3 is 8.98 Å². The molecule has 0 saturated carbocycles. The van der Waals surface area contributed by atoms with Crippen molar-refractivity contribution >= 4 is 49.8 Å². The van der Waals surface area contributed by atoms with Gasteiger partial charge in [0.25, 0.3) is 0 Å². The Balaban J connectivity index is 0.00000146. The molecule has 0 N–H and O–H groups in total. The first-order chi connectivity index (χ1) is 11.3. The maximum atomic E-state index is 5.96. The summed E-state index contributed by atoms with van der Waals surface area (Å²) in [7, 11) is 0. The van der Waals surface area contributed by atoms with E-state index in [4.69, 9.17) is 4.42 Å². The van der Waals surface area contributed by atoms with Gasteiger partial charge in [0.1, 0.15) is 11.2 Å². The van der Waals surface area contributed by atoms with E-state index in [-0.39, 0.29) is 17.0 Å². The average molecular weight is 378 g/mol. The largest absolute Gasteiger partial charge is 0.456 e. The zero-order valence-corrected chi connectivity index (χ0v) is 14.9. The van der Waals surface area contributed by atoms with Crippen LogP contribution in [0.25, 0.3) is 38.5 Å². The van der Waals surface area contributed by atoms with Crippen molar-refractivity contribution in [3.05, 3.63) is 78.5 Å². The summed E-state index contributed by atoms with van der Waals surface area (Å²) in [4.78, 5) is 0. The Morgan fingerprint density at radius 2 is 1.54 bits per heavy atom. The monoisotopic (exact) mass is 377 g/mol. The Morgan fingerprint density at radius 1 is 0.792 bits per heavy atom. The van der Waals surface area contributed by atoms with Gasteiger partial charge >= 0.3 is 0 Å². The van der Waals surface area contributed by atoms with Crippen LogP contribution >= 0.6 is 17.0 Å². The lowest BCUT2D eigenvalue weighted by Gasteiger charge is -2.05. The van der Waals surface area contributed by atoms with Gasteiger partial charge in [-0.2, -0.15) is 0 Å². The number of rotatable bonds is 1. The number of hydrogen-bond acceptors (Lipinski definition) is 1. The van der Waals surface area contributed by atoms with E-state index in [1.807, 2.05) is 0 Å². The van der Waals surface area contributed by atoms with Crippen molar-refractivity contribution in [2.24, 2.45) is 0 Å². The minimum absolute atomic E-state index is 0. The van der Waals surface area contributed by atoms with Gasteiger partial charge in [-0.1, -0.05) is 29.8 Å². The molecule has 5 rings (SSSR count). The van der Waals surface area contributed by atoms with Gasteiger partial charge in [0.15, 0.2) is 0 Å². The van der Waals surface area contributed by atoms with Gasteiger partial charge in [0.2, 0.25) is 0 Å². The first-order valence-electron chi connectivity index (χ1n) is 7.79. The second kappa shape index (κ2) is 5.53. The standard InChI is InChI=1S/C21H15NO.BrH/c1-14-6-8-20-17(12-14)18-13-16(7-9-21(18)23-20)22-11-10-15-4-2-3-5-19(15)22;/h2-13H,1H3;1H. The third-order valence-corrected chi connectivity index (χ3v) is 4.49. The number of furan rings is 1. The van der Waals surface area contributed by atoms with Crippen LogP contribution in [0.3, 0.4) is 0 Å². The second-order valence-electron chi connectivity index (χ2n) is 6.03. The lowest BCUT2D eigenvalue weighted by molar-refractivity contribution is 0.669. The van der Waals surface area contributed by atoms with Crippen molar-refractivity contribution in [1.82, 2.24) is 4.57 Å². The normalized spacial score (nSPS) is 11.2. The van der Waals surface area contributed by atoms with Gasteiger partial charge in [-0.15, -0.1) is 17.0 Å². The minimum Gasteiger partial charge on any atom is -0.456 e. The van der Waals surface area contributed by atoms with E-state index in [1.54, 1.807) is 0 Å². The molecule has 0 bridgehead atoms. The second-order valence-corrected chi connectivity index (χ2v) is 6.03. The number of nitrogens with zero attached hydrogens (tertiary/aromatic N) is 1. The van der Waals surface area contributed by atoms with E-state index in [0.717, 1.165) is 16.9 Å². The van der Waals surface area contributed by atoms with Crippen LogP contribution in [-0.2, 0) is 0 Å². The van der Waals surface area contributed by atoms with E-state index in [9.17, 15) is 0 Å². The summed E-state index contributed by atoms with van der Waals surface area (Å²) in [6.07, 6.45) is 2.12. The van der Waals surface area contributed by atoms with Crippen molar-refractivity contribution in [2.75, 3.05) is 0 Å². The van der Waals surface area contributed by atoms with E-state index < -0.39 is 0 Å². The van der Waals surface area contributed by atoms with Gasteiger partial charge in [0.05, 0.1) is 5.52 Å². The van der Waals surface area contributed by atoms with Crippen LogP contribution in [0.15, 0.2) is 77.3 Å². The maximum Gasteiger partial charge on any atom is 0.135 e. The molecule has 2 heterocycles. The zero-order chi connectivity index (χ0) is 15.4. The topological polar surface area (TPSA) is 18.1 Å². The summed E-state index contributed by atoms with van der Waals surface area (Å²) in [5.74, 6) is 0. The van der Waals surface area contributed by atoms with Crippen LogP contribution in [0.4, 0.5) is 0 Å². The average Bonchev–Trinajstić information content (AvgIpc) is 3.15. The van der Waals surface area contributed by atoms with E-state index in [2.05, 4.69) is 84.4 Å². The molecule has 2 nitrogen and oxygen atoms in total. The van der Waals surface area contributed by atoms with E-state index >= 15 is 0 Å². The molecule has 0 saturated heterocycles. The molecule has 3 aromatic carbocycles. The Labute approximate surface area is 150 Å². The van der Waals surface area contributed by atoms with Gasteiger partial charge in [-0.3, -0.25) is 0 Å². The van der Waals surface area contributed by atoms with Crippen LogP contribution in [-0.4, -0.2) is 4.57 Å². The van der Waals surface area contributed by atoms with Crippen LogP contribution < -0.4 is 0 Å². The Morgan fingerprint density at radius 3 is 2.42 bits per heavy atom. The van der Waals surface area contributed by atoms with Gasteiger partial charge in [0, 0.05) is 22.7 Å². The lowest BCUT2D eigenvalue weighted by atomic mass is 10.1. The molecule has 24 heavy (non-hydrogen) atoms. The molecule has 0 atom stereocenters. The number of halogens is 1. The fraction of sp³-hybridized carbons (Fsp3) is 0.0476. The van der Waals surface area contributed by atoms with Crippen LogP contribution in [0.2, 0.25) is 0 Å². The third kappa shape index (κ3) is 2.16. The number of aromatic nitrogens is 1. The summed E-state index contributed by atoms with van der Waals surface area (Å²) in [6.45, 7) is 2.11. The molecule has 0 aliphatic rings. The number of hydrogen-bond donors (Lipinski definition) is 0. The summed E-state index contributed by atoms with van der Waals surface area (Å²) < 4.78 is 8.18. The van der Waals surface area contributed by atoms with Crippen LogP contribution in [0.5, 0.6) is 0 Å². The molecule has 0 aliphatic carbocycles. The van der Waals surface area contributed by atoms with E-state index in [0.29, 0.717) is 0 Å². The minimum atomic E-state index is 0. The molecule has 2 aromatic heterocycles. The van der Waals surface area contributed by atoms with Crippen molar-refractivity contribution in [3.63, 3.8) is 0 Å². The molecular formula is C21H16BrNO. The smallest absolute Gasteiger partial charge is 0.135 e. The van der Waals surface area contributed by atoms with Gasteiger partial charge in [-0.05, 0) is 54.8 Å². The molecule has 0 fully saturated rings. The number of fused-ring (bicyclic) bond motifs is 4. The Hall–Kier alpha value is -2.52. The highest BCUT2D eigenvalue weighted by atomic mass is 79.9. The van der Waals surface area contributed by atoms with Crippen molar-refractivity contribution in [3.8, 4) is 5.69 Å². The Kier molecular flexibility index (Phi) is 3.47. The summed E-state index contributed by atoms with van der Waals surface area (Å²) in [6, 6.07) is 23.3.